The van der Waals surface area contributed by atoms with Crippen LogP contribution in [-0.2, 0) is 13.0 Å². The van der Waals surface area contributed by atoms with E-state index >= 15 is 0 Å². The molecule has 1 aliphatic heterocycles. The summed E-state index contributed by atoms with van der Waals surface area (Å²) in [5.74, 6) is 1.73. The molecule has 154 valence electrons. The molecular weight excluding hydrogens is 418 g/mol. The van der Waals surface area contributed by atoms with Crippen LogP contribution >= 0.6 is 22.7 Å². The third kappa shape index (κ3) is 3.30. The Kier molecular flexibility index (Phi) is 5.06. The van der Waals surface area contributed by atoms with Crippen molar-refractivity contribution in [1.82, 2.24) is 14.9 Å². The third-order valence-electron chi connectivity index (χ3n) is 5.49. The molecule has 8 heteroatoms. The Balaban J connectivity index is 1.54. The number of hydrogen-bond donors (Lipinski definition) is 1. The van der Waals surface area contributed by atoms with Crippen LogP contribution in [0.4, 0.5) is 0 Å². The van der Waals surface area contributed by atoms with Gasteiger partial charge < -0.3 is 14.5 Å². The van der Waals surface area contributed by atoms with Gasteiger partial charge in [0.15, 0.2) is 11.5 Å². The number of thiophene rings is 2. The first-order valence-corrected chi connectivity index (χ1v) is 11.4. The standard InChI is InChI=1S/C22H21N3O3S2/c1-27-16-10-14-15(11-17(16)28-2)23-20(24-22(14)26)12-25-7-5-18-13(6-9-30-18)21(25)19-4-3-8-29-19/h3-4,6,8-11,21H,5,7,12H2,1-2H3,(H,23,24,26)/t21-/m0/s1. The molecule has 0 radical (unpaired) electrons. The van der Waals surface area contributed by atoms with E-state index in [0.717, 1.165) is 13.0 Å². The Morgan fingerprint density at radius 1 is 1.17 bits per heavy atom. The van der Waals surface area contributed by atoms with Crippen LogP contribution < -0.4 is 15.0 Å². The Bertz CT molecular complexity index is 1250. The van der Waals surface area contributed by atoms with Gasteiger partial charge in [0.1, 0.15) is 5.82 Å². The van der Waals surface area contributed by atoms with E-state index in [1.54, 1.807) is 37.7 Å². The number of fused-ring (bicyclic) bond motifs is 2. The van der Waals surface area contributed by atoms with Crippen molar-refractivity contribution in [1.29, 1.82) is 0 Å². The van der Waals surface area contributed by atoms with Crippen LogP contribution in [0.3, 0.4) is 0 Å². The number of benzene rings is 1. The van der Waals surface area contributed by atoms with E-state index in [9.17, 15) is 4.79 Å². The summed E-state index contributed by atoms with van der Waals surface area (Å²) in [5, 5.41) is 4.78. The Labute approximate surface area is 181 Å². The molecule has 0 aliphatic carbocycles. The van der Waals surface area contributed by atoms with Crippen LogP contribution in [0.2, 0.25) is 0 Å². The van der Waals surface area contributed by atoms with Crippen LogP contribution in [0, 0.1) is 0 Å². The van der Waals surface area contributed by atoms with Crippen molar-refractivity contribution < 1.29 is 9.47 Å². The summed E-state index contributed by atoms with van der Waals surface area (Å²) in [6.07, 6.45) is 1.01. The number of rotatable bonds is 5. The fourth-order valence-electron chi connectivity index (χ4n) is 4.10. The van der Waals surface area contributed by atoms with E-state index in [-0.39, 0.29) is 11.6 Å². The quantitative estimate of drug-likeness (QED) is 0.505. The van der Waals surface area contributed by atoms with Crippen LogP contribution in [0.15, 0.2) is 45.9 Å². The molecule has 1 N–H and O–H groups in total. The number of methoxy groups -OCH3 is 2. The van der Waals surface area contributed by atoms with E-state index in [1.807, 2.05) is 11.3 Å². The summed E-state index contributed by atoms with van der Waals surface area (Å²) in [6, 6.07) is 10.1. The van der Waals surface area contributed by atoms with Gasteiger partial charge in [-0.15, -0.1) is 22.7 Å². The van der Waals surface area contributed by atoms with Gasteiger partial charge in [0.2, 0.25) is 0 Å². The normalized spacial score (nSPS) is 16.5. The molecule has 1 aliphatic rings. The number of aromatic amines is 1. The zero-order valence-electron chi connectivity index (χ0n) is 16.7. The number of hydrogen-bond acceptors (Lipinski definition) is 7. The van der Waals surface area contributed by atoms with Gasteiger partial charge in [0.05, 0.1) is 37.7 Å². The first kappa shape index (κ1) is 19.3. The predicted molar refractivity (Wildman–Crippen MR) is 120 cm³/mol. The van der Waals surface area contributed by atoms with Crippen molar-refractivity contribution in [2.45, 2.75) is 19.0 Å². The van der Waals surface area contributed by atoms with Gasteiger partial charge in [-0.2, -0.15) is 0 Å². The van der Waals surface area contributed by atoms with Gasteiger partial charge in [0.25, 0.3) is 5.56 Å². The monoisotopic (exact) mass is 439 g/mol. The van der Waals surface area contributed by atoms with Crippen molar-refractivity contribution in [3.8, 4) is 11.5 Å². The Morgan fingerprint density at radius 3 is 2.77 bits per heavy atom. The summed E-state index contributed by atoms with van der Waals surface area (Å²) >= 11 is 3.59. The molecular formula is C22H21N3O3S2. The summed E-state index contributed by atoms with van der Waals surface area (Å²) in [6.45, 7) is 1.49. The number of H-pyrrole nitrogens is 1. The second-order valence-corrected chi connectivity index (χ2v) is 9.15. The maximum Gasteiger partial charge on any atom is 0.258 e. The molecule has 0 fully saturated rings. The molecule has 1 aromatic carbocycles. The molecule has 0 bridgehead atoms. The number of aromatic nitrogens is 2. The molecule has 6 nitrogen and oxygen atoms in total. The summed E-state index contributed by atoms with van der Waals surface area (Å²) in [5.41, 5.74) is 1.80. The molecule has 5 rings (SSSR count). The maximum atomic E-state index is 12.8. The van der Waals surface area contributed by atoms with E-state index in [1.165, 1.54) is 15.3 Å². The van der Waals surface area contributed by atoms with Crippen LogP contribution in [0.5, 0.6) is 11.5 Å². The van der Waals surface area contributed by atoms with E-state index < -0.39 is 0 Å². The molecule has 4 heterocycles. The van der Waals surface area contributed by atoms with Gasteiger partial charge in [-0.05, 0) is 40.9 Å². The Hall–Kier alpha value is -2.68. The molecule has 30 heavy (non-hydrogen) atoms. The summed E-state index contributed by atoms with van der Waals surface area (Å²) < 4.78 is 10.7. The predicted octanol–water partition coefficient (Wildman–Crippen LogP) is 4.21. The summed E-state index contributed by atoms with van der Waals surface area (Å²) in [7, 11) is 3.13. The van der Waals surface area contributed by atoms with Crippen molar-refractivity contribution in [3.05, 3.63) is 72.6 Å². The highest BCUT2D eigenvalue weighted by molar-refractivity contribution is 7.10. The first-order chi connectivity index (χ1) is 14.7. The van der Waals surface area contributed by atoms with Crippen molar-refractivity contribution in [2.24, 2.45) is 0 Å². The topological polar surface area (TPSA) is 67.5 Å². The molecule has 0 saturated carbocycles. The number of nitrogens with one attached hydrogen (secondary N) is 1. The fourth-order valence-corrected chi connectivity index (χ4v) is 5.88. The molecule has 0 amide bonds. The molecule has 0 saturated heterocycles. The minimum atomic E-state index is -0.170. The van der Waals surface area contributed by atoms with Crippen LogP contribution in [0.25, 0.3) is 10.9 Å². The highest BCUT2D eigenvalue weighted by atomic mass is 32.1. The second-order valence-electron chi connectivity index (χ2n) is 7.17. The molecule has 1 atom stereocenters. The van der Waals surface area contributed by atoms with Gasteiger partial charge in [-0.25, -0.2) is 4.98 Å². The third-order valence-corrected chi connectivity index (χ3v) is 7.41. The van der Waals surface area contributed by atoms with Crippen molar-refractivity contribution in [2.75, 3.05) is 20.8 Å². The number of nitrogens with zero attached hydrogens (tertiary/aromatic N) is 2. The fraction of sp³-hybridized carbons (Fsp3) is 0.273. The lowest BCUT2D eigenvalue weighted by Gasteiger charge is -2.35. The smallest absolute Gasteiger partial charge is 0.258 e. The average molecular weight is 440 g/mol. The lowest BCUT2D eigenvalue weighted by molar-refractivity contribution is 0.204. The Morgan fingerprint density at radius 2 is 2.00 bits per heavy atom. The minimum Gasteiger partial charge on any atom is -0.493 e. The van der Waals surface area contributed by atoms with Gasteiger partial charge in [-0.3, -0.25) is 9.69 Å². The van der Waals surface area contributed by atoms with Gasteiger partial charge >= 0.3 is 0 Å². The minimum absolute atomic E-state index is 0.170. The molecule has 4 aromatic rings. The summed E-state index contributed by atoms with van der Waals surface area (Å²) in [4.78, 5) is 25.6. The zero-order chi connectivity index (χ0) is 20.7. The lowest BCUT2D eigenvalue weighted by Crippen LogP contribution is -2.35. The largest absolute Gasteiger partial charge is 0.493 e. The lowest BCUT2D eigenvalue weighted by atomic mass is 9.98. The number of ether oxygens (including phenoxy) is 2. The first-order valence-electron chi connectivity index (χ1n) is 9.66. The molecule has 0 spiro atoms. The SMILES string of the molecule is COc1cc2nc(CN3CCc4sccc4[C@H]3c3cccs3)[nH]c(=O)c2cc1OC. The van der Waals surface area contributed by atoms with Crippen molar-refractivity contribution in [3.63, 3.8) is 0 Å². The maximum absolute atomic E-state index is 12.8. The van der Waals surface area contributed by atoms with Crippen LogP contribution in [-0.4, -0.2) is 35.6 Å². The molecule has 0 unspecified atom stereocenters. The van der Waals surface area contributed by atoms with E-state index in [4.69, 9.17) is 14.5 Å². The van der Waals surface area contributed by atoms with E-state index in [0.29, 0.717) is 34.8 Å². The average Bonchev–Trinajstić information content (AvgIpc) is 3.45. The van der Waals surface area contributed by atoms with Crippen molar-refractivity contribution >= 4 is 33.6 Å². The highest BCUT2D eigenvalue weighted by Crippen LogP contribution is 2.40. The molecule has 3 aromatic heterocycles. The van der Waals surface area contributed by atoms with E-state index in [2.05, 4.69) is 38.8 Å². The van der Waals surface area contributed by atoms with Gasteiger partial charge in [-0.1, -0.05) is 6.07 Å². The second kappa shape index (κ2) is 7.86. The zero-order valence-corrected chi connectivity index (χ0v) is 18.3. The highest BCUT2D eigenvalue weighted by Gasteiger charge is 2.30. The van der Waals surface area contributed by atoms with Gasteiger partial charge in [0, 0.05) is 22.4 Å². The van der Waals surface area contributed by atoms with Crippen LogP contribution in [0.1, 0.15) is 27.2 Å².